The molecule has 1 rings (SSSR count). The first-order chi connectivity index (χ1) is 5.65. The summed E-state index contributed by atoms with van der Waals surface area (Å²) in [6.45, 7) is 0. The van der Waals surface area contributed by atoms with Crippen molar-refractivity contribution in [2.45, 2.75) is 6.42 Å². The SMILES string of the molecule is N#CCc1cc(F)c(O)c(F)c1. The minimum absolute atomic E-state index is 0.0753. The van der Waals surface area contributed by atoms with E-state index in [2.05, 4.69) is 0 Å². The highest BCUT2D eigenvalue weighted by Crippen LogP contribution is 2.21. The van der Waals surface area contributed by atoms with Crippen molar-refractivity contribution in [2.75, 3.05) is 0 Å². The molecular weight excluding hydrogens is 164 g/mol. The van der Waals surface area contributed by atoms with Crippen LogP contribution in [0, 0.1) is 23.0 Å². The van der Waals surface area contributed by atoms with Crippen molar-refractivity contribution in [1.29, 1.82) is 5.26 Å². The number of nitriles is 1. The molecule has 0 spiro atoms. The number of benzene rings is 1. The van der Waals surface area contributed by atoms with Gasteiger partial charge in [0.05, 0.1) is 12.5 Å². The molecule has 0 fully saturated rings. The number of hydrogen-bond acceptors (Lipinski definition) is 2. The van der Waals surface area contributed by atoms with Crippen LogP contribution in [0.2, 0.25) is 0 Å². The minimum atomic E-state index is -1.04. The van der Waals surface area contributed by atoms with Gasteiger partial charge in [0.2, 0.25) is 0 Å². The molecule has 0 amide bonds. The molecule has 1 aromatic carbocycles. The number of halogens is 2. The summed E-state index contributed by atoms with van der Waals surface area (Å²) < 4.78 is 25.1. The van der Waals surface area contributed by atoms with E-state index < -0.39 is 17.4 Å². The molecule has 0 heterocycles. The van der Waals surface area contributed by atoms with E-state index in [1.54, 1.807) is 6.07 Å². The zero-order valence-corrected chi connectivity index (χ0v) is 6.01. The lowest BCUT2D eigenvalue weighted by Gasteiger charge is -1.99. The molecule has 0 aliphatic carbocycles. The Hall–Kier alpha value is -1.63. The summed E-state index contributed by atoms with van der Waals surface area (Å²) >= 11 is 0. The third-order valence-electron chi connectivity index (χ3n) is 1.36. The van der Waals surface area contributed by atoms with Gasteiger partial charge >= 0.3 is 0 Å². The molecule has 0 unspecified atom stereocenters. The van der Waals surface area contributed by atoms with Crippen molar-refractivity contribution in [2.24, 2.45) is 0 Å². The van der Waals surface area contributed by atoms with Gasteiger partial charge in [0.1, 0.15) is 0 Å². The first-order valence-corrected chi connectivity index (χ1v) is 3.19. The van der Waals surface area contributed by atoms with Gasteiger partial charge in [-0.25, -0.2) is 8.78 Å². The highest BCUT2D eigenvalue weighted by molar-refractivity contribution is 5.31. The van der Waals surface area contributed by atoms with Gasteiger partial charge in [0.25, 0.3) is 0 Å². The third kappa shape index (κ3) is 1.51. The fourth-order valence-electron chi connectivity index (χ4n) is 0.811. The Kier molecular flexibility index (Phi) is 2.24. The van der Waals surface area contributed by atoms with Crippen LogP contribution >= 0.6 is 0 Å². The molecule has 0 aromatic heterocycles. The standard InChI is InChI=1S/C8H5F2NO/c9-6-3-5(1-2-11)4-7(10)8(6)12/h3-4,12H,1H2. The molecule has 0 atom stereocenters. The van der Waals surface area contributed by atoms with Crippen molar-refractivity contribution in [1.82, 2.24) is 0 Å². The molecular formula is C8H5F2NO. The Balaban J connectivity index is 3.14. The molecule has 4 heteroatoms. The minimum Gasteiger partial charge on any atom is -0.503 e. The second kappa shape index (κ2) is 3.18. The van der Waals surface area contributed by atoms with Crippen molar-refractivity contribution in [3.05, 3.63) is 29.3 Å². The maximum absolute atomic E-state index is 12.6. The average molecular weight is 169 g/mol. The highest BCUT2D eigenvalue weighted by atomic mass is 19.1. The number of phenols is 1. The van der Waals surface area contributed by atoms with Gasteiger partial charge in [-0.3, -0.25) is 0 Å². The van der Waals surface area contributed by atoms with Crippen LogP contribution in [-0.4, -0.2) is 5.11 Å². The monoisotopic (exact) mass is 169 g/mol. The third-order valence-corrected chi connectivity index (χ3v) is 1.36. The molecule has 1 N–H and O–H groups in total. The first-order valence-electron chi connectivity index (χ1n) is 3.19. The summed E-state index contributed by atoms with van der Waals surface area (Å²) in [7, 11) is 0. The van der Waals surface area contributed by atoms with Gasteiger partial charge in [-0.2, -0.15) is 5.26 Å². The van der Waals surface area contributed by atoms with Crippen LogP contribution in [0.25, 0.3) is 0 Å². The van der Waals surface area contributed by atoms with Crippen molar-refractivity contribution >= 4 is 0 Å². The molecule has 1 aromatic rings. The topological polar surface area (TPSA) is 44.0 Å². The van der Waals surface area contributed by atoms with Crippen LogP contribution in [0.3, 0.4) is 0 Å². The van der Waals surface area contributed by atoms with E-state index in [9.17, 15) is 8.78 Å². The van der Waals surface area contributed by atoms with Crippen LogP contribution in [-0.2, 0) is 6.42 Å². The van der Waals surface area contributed by atoms with Gasteiger partial charge in [-0.1, -0.05) is 0 Å². The molecule has 0 bridgehead atoms. The molecule has 0 saturated carbocycles. The van der Waals surface area contributed by atoms with Crippen LogP contribution in [0.4, 0.5) is 8.78 Å². The number of aromatic hydroxyl groups is 1. The number of rotatable bonds is 1. The van der Waals surface area contributed by atoms with Crippen molar-refractivity contribution in [3.8, 4) is 11.8 Å². The van der Waals surface area contributed by atoms with Crippen LogP contribution in [0.15, 0.2) is 12.1 Å². The Labute approximate surface area is 67.7 Å². The van der Waals surface area contributed by atoms with E-state index in [-0.39, 0.29) is 12.0 Å². The van der Waals surface area contributed by atoms with Crippen LogP contribution in [0.5, 0.6) is 5.75 Å². The molecule has 12 heavy (non-hydrogen) atoms. The van der Waals surface area contributed by atoms with Crippen molar-refractivity contribution in [3.63, 3.8) is 0 Å². The molecule has 2 nitrogen and oxygen atoms in total. The fraction of sp³-hybridized carbons (Fsp3) is 0.125. The lowest BCUT2D eigenvalue weighted by atomic mass is 10.1. The van der Waals surface area contributed by atoms with Gasteiger partial charge in [-0.05, 0) is 17.7 Å². The summed E-state index contributed by atoms with van der Waals surface area (Å²) in [5, 5.41) is 16.9. The zero-order chi connectivity index (χ0) is 9.14. The fourth-order valence-corrected chi connectivity index (χ4v) is 0.811. The highest BCUT2D eigenvalue weighted by Gasteiger charge is 2.08. The average Bonchev–Trinajstić information content (AvgIpc) is 2.01. The predicted octanol–water partition coefficient (Wildman–Crippen LogP) is 1.74. The predicted molar refractivity (Wildman–Crippen MR) is 37.3 cm³/mol. The van der Waals surface area contributed by atoms with Gasteiger partial charge in [-0.15, -0.1) is 0 Å². The summed E-state index contributed by atoms with van der Waals surface area (Å²) in [6, 6.07) is 3.61. The zero-order valence-electron chi connectivity index (χ0n) is 6.01. The van der Waals surface area contributed by atoms with E-state index >= 15 is 0 Å². The second-order valence-electron chi connectivity index (χ2n) is 2.24. The smallest absolute Gasteiger partial charge is 0.187 e. The van der Waals surface area contributed by atoms with E-state index in [0.717, 1.165) is 12.1 Å². The van der Waals surface area contributed by atoms with Gasteiger partial charge < -0.3 is 5.11 Å². The number of hydrogen-bond donors (Lipinski definition) is 1. The normalized spacial score (nSPS) is 9.42. The van der Waals surface area contributed by atoms with E-state index in [0.29, 0.717) is 0 Å². The molecule has 0 radical (unpaired) electrons. The van der Waals surface area contributed by atoms with Gasteiger partial charge in [0.15, 0.2) is 17.4 Å². The Morgan fingerprint density at radius 3 is 2.25 bits per heavy atom. The van der Waals surface area contributed by atoms with Crippen LogP contribution in [0.1, 0.15) is 5.56 Å². The number of phenolic OH excluding ortho intramolecular Hbond substituents is 1. The van der Waals surface area contributed by atoms with Crippen molar-refractivity contribution < 1.29 is 13.9 Å². The van der Waals surface area contributed by atoms with E-state index in [4.69, 9.17) is 10.4 Å². The first kappa shape index (κ1) is 8.47. The molecule has 62 valence electrons. The lowest BCUT2D eigenvalue weighted by molar-refractivity contribution is 0.395. The van der Waals surface area contributed by atoms with Crippen LogP contribution < -0.4 is 0 Å². The quantitative estimate of drug-likeness (QED) is 0.695. The molecule has 0 aliphatic rings. The summed E-state index contributed by atoms with van der Waals surface area (Å²) in [5.74, 6) is -3.09. The molecule has 0 saturated heterocycles. The number of nitrogens with zero attached hydrogens (tertiary/aromatic N) is 1. The molecule has 0 aliphatic heterocycles. The lowest BCUT2D eigenvalue weighted by Crippen LogP contribution is -1.88. The largest absolute Gasteiger partial charge is 0.503 e. The Morgan fingerprint density at radius 1 is 1.33 bits per heavy atom. The van der Waals surface area contributed by atoms with E-state index in [1.165, 1.54) is 0 Å². The van der Waals surface area contributed by atoms with E-state index in [1.807, 2.05) is 0 Å². The summed E-state index contributed by atoms with van der Waals surface area (Å²) in [6.07, 6.45) is -0.0753. The summed E-state index contributed by atoms with van der Waals surface area (Å²) in [4.78, 5) is 0. The maximum atomic E-state index is 12.6. The Morgan fingerprint density at radius 2 is 1.83 bits per heavy atom. The summed E-state index contributed by atoms with van der Waals surface area (Å²) in [5.41, 5.74) is 0.213. The maximum Gasteiger partial charge on any atom is 0.187 e. The Bertz CT molecular complexity index is 320. The second-order valence-corrected chi connectivity index (χ2v) is 2.24. The van der Waals surface area contributed by atoms with Gasteiger partial charge in [0, 0.05) is 0 Å².